The zero-order chi connectivity index (χ0) is 21.5. The third-order valence-electron chi connectivity index (χ3n) is 3.42. The highest BCUT2D eigenvalue weighted by molar-refractivity contribution is 5.89. The predicted octanol–water partition coefficient (Wildman–Crippen LogP) is 2.65. The third kappa shape index (κ3) is 7.63. The van der Waals surface area contributed by atoms with Crippen molar-refractivity contribution in [3.8, 4) is 5.75 Å². The van der Waals surface area contributed by atoms with Crippen molar-refractivity contribution in [3.63, 3.8) is 0 Å². The molecule has 0 aliphatic rings. The van der Waals surface area contributed by atoms with Crippen LogP contribution in [-0.2, 0) is 20.9 Å². The second-order valence-electron chi connectivity index (χ2n) is 7.32. The first-order valence-electron chi connectivity index (χ1n) is 8.61. The number of aliphatic carboxylic acids is 2. The Bertz CT molecular complexity index is 858. The van der Waals surface area contributed by atoms with Crippen molar-refractivity contribution in [3.05, 3.63) is 42.6 Å². The van der Waals surface area contributed by atoms with E-state index in [1.165, 1.54) is 0 Å². The first-order chi connectivity index (χ1) is 12.9. The van der Waals surface area contributed by atoms with Crippen LogP contribution >= 0.6 is 0 Å². The molecule has 0 spiro atoms. The van der Waals surface area contributed by atoms with Crippen molar-refractivity contribution >= 4 is 28.8 Å². The number of nitrogens with zero attached hydrogens (tertiary/aromatic N) is 1. The highest BCUT2D eigenvalue weighted by atomic mass is 16.5. The Kier molecular flexibility index (Phi) is 7.94. The number of fused-ring (bicyclic) bond motifs is 1. The van der Waals surface area contributed by atoms with Crippen molar-refractivity contribution < 1.29 is 29.3 Å². The second kappa shape index (κ2) is 9.70. The van der Waals surface area contributed by atoms with Gasteiger partial charge >= 0.3 is 17.9 Å². The van der Waals surface area contributed by atoms with E-state index in [0.29, 0.717) is 17.9 Å². The van der Waals surface area contributed by atoms with E-state index in [4.69, 9.17) is 20.7 Å². The van der Waals surface area contributed by atoms with Gasteiger partial charge in [-0.1, -0.05) is 0 Å². The van der Waals surface area contributed by atoms with Gasteiger partial charge in [0.1, 0.15) is 5.75 Å². The summed E-state index contributed by atoms with van der Waals surface area (Å²) in [6, 6.07) is 7.78. The van der Waals surface area contributed by atoms with Crippen LogP contribution in [0.2, 0.25) is 0 Å². The number of hydrogen-bond donors (Lipinski definition) is 3. The summed E-state index contributed by atoms with van der Waals surface area (Å²) in [7, 11) is 0. The van der Waals surface area contributed by atoms with Crippen LogP contribution in [0, 0.1) is 5.41 Å². The van der Waals surface area contributed by atoms with Gasteiger partial charge < -0.3 is 25.3 Å². The number of hydrogen-bond acceptors (Lipinski definition) is 5. The van der Waals surface area contributed by atoms with E-state index in [9.17, 15) is 14.4 Å². The van der Waals surface area contributed by atoms with Crippen LogP contribution in [0.5, 0.6) is 5.75 Å². The molecule has 0 unspecified atom stereocenters. The Labute approximate surface area is 163 Å². The highest BCUT2D eigenvalue weighted by Crippen LogP contribution is 2.24. The summed E-state index contributed by atoms with van der Waals surface area (Å²) < 4.78 is 7.51. The van der Waals surface area contributed by atoms with Crippen molar-refractivity contribution in [2.45, 2.75) is 40.3 Å². The number of carbonyl (C=O) groups excluding carboxylic acids is 1. The van der Waals surface area contributed by atoms with Crippen LogP contribution in [-0.4, -0.2) is 38.7 Å². The maximum absolute atomic E-state index is 11.9. The molecule has 1 atom stereocenters. The second-order valence-corrected chi connectivity index (χ2v) is 7.32. The van der Waals surface area contributed by atoms with Crippen LogP contribution in [0.25, 0.3) is 10.9 Å². The molecule has 0 saturated carbocycles. The van der Waals surface area contributed by atoms with Crippen LogP contribution in [0.15, 0.2) is 42.6 Å². The first kappa shape index (κ1) is 22.9. The molecule has 152 valence electrons. The van der Waals surface area contributed by atoms with Crippen LogP contribution < -0.4 is 10.5 Å². The lowest BCUT2D eigenvalue weighted by molar-refractivity contribution is -0.143. The molecule has 28 heavy (non-hydrogen) atoms. The Balaban J connectivity index is 0.000000416. The Morgan fingerprint density at radius 2 is 1.71 bits per heavy atom. The molecule has 1 heterocycles. The fourth-order valence-corrected chi connectivity index (χ4v) is 2.10. The number of carboxylic acids is 2. The minimum atomic E-state index is -1.26. The molecule has 0 saturated heterocycles. The van der Waals surface area contributed by atoms with E-state index in [1.807, 2.05) is 58.2 Å². The molecule has 2 aromatic rings. The first-order valence-corrected chi connectivity index (χ1v) is 8.61. The average molecular weight is 390 g/mol. The summed E-state index contributed by atoms with van der Waals surface area (Å²) in [6.45, 7) is 8.22. The molecule has 0 amide bonds. The molecule has 0 aliphatic heterocycles. The van der Waals surface area contributed by atoms with E-state index >= 15 is 0 Å². The van der Waals surface area contributed by atoms with Gasteiger partial charge in [-0.3, -0.25) is 4.79 Å². The number of carboxylic acid groups (broad SMARTS) is 2. The molecule has 4 N–H and O–H groups in total. The van der Waals surface area contributed by atoms with E-state index < -0.39 is 17.4 Å². The van der Waals surface area contributed by atoms with E-state index in [-0.39, 0.29) is 12.0 Å². The average Bonchev–Trinajstić information content (AvgIpc) is 2.94. The fourth-order valence-electron chi connectivity index (χ4n) is 2.10. The lowest BCUT2D eigenvalue weighted by atomic mass is 9.97. The molecular weight excluding hydrogens is 364 g/mol. The monoisotopic (exact) mass is 390 g/mol. The number of benzene rings is 1. The van der Waals surface area contributed by atoms with E-state index in [2.05, 4.69) is 4.57 Å². The van der Waals surface area contributed by atoms with Gasteiger partial charge in [0.05, 0.1) is 10.9 Å². The number of rotatable bonds is 5. The lowest BCUT2D eigenvalue weighted by Crippen LogP contribution is -2.25. The molecule has 1 aromatic carbocycles. The van der Waals surface area contributed by atoms with Crippen LogP contribution in [0.1, 0.15) is 27.7 Å². The third-order valence-corrected chi connectivity index (χ3v) is 3.42. The molecule has 0 fully saturated rings. The highest BCUT2D eigenvalue weighted by Gasteiger charge is 2.23. The summed E-state index contributed by atoms with van der Waals surface area (Å²) in [5.41, 5.74) is 6.36. The fraction of sp³-hybridized carbons (Fsp3) is 0.350. The number of esters is 1. The molecule has 2 rings (SSSR count). The van der Waals surface area contributed by atoms with Gasteiger partial charge in [-0.25, -0.2) is 9.59 Å². The SMILES string of the molecule is C[C@H](N)Cn1ccc2ccc(OC(=O)C(C)(C)C)cc21.O=C(O)/C=C/C(=O)O. The predicted molar refractivity (Wildman–Crippen MR) is 105 cm³/mol. The van der Waals surface area contributed by atoms with Gasteiger partial charge in [-0.15, -0.1) is 0 Å². The van der Waals surface area contributed by atoms with Crippen molar-refractivity contribution in [1.29, 1.82) is 0 Å². The van der Waals surface area contributed by atoms with Crippen LogP contribution in [0.4, 0.5) is 0 Å². The van der Waals surface area contributed by atoms with Gasteiger partial charge in [-0.05, 0) is 51.3 Å². The molecule has 0 aliphatic carbocycles. The van der Waals surface area contributed by atoms with Crippen molar-refractivity contribution in [2.75, 3.05) is 0 Å². The number of nitrogens with two attached hydrogens (primary N) is 1. The molecule has 0 bridgehead atoms. The van der Waals surface area contributed by atoms with E-state index in [1.54, 1.807) is 0 Å². The number of ether oxygens (including phenoxy) is 1. The summed E-state index contributed by atoms with van der Waals surface area (Å²) >= 11 is 0. The minimum Gasteiger partial charge on any atom is -0.478 e. The maximum atomic E-state index is 11.9. The number of aromatic nitrogens is 1. The Morgan fingerprint density at radius 3 is 2.18 bits per heavy atom. The zero-order valence-corrected chi connectivity index (χ0v) is 16.4. The van der Waals surface area contributed by atoms with Gasteiger partial charge in [0.15, 0.2) is 0 Å². The molecule has 0 radical (unpaired) electrons. The number of carbonyl (C=O) groups is 3. The Morgan fingerprint density at radius 1 is 1.14 bits per heavy atom. The normalized spacial score (nSPS) is 12.3. The van der Waals surface area contributed by atoms with Gasteiger partial charge in [0.25, 0.3) is 0 Å². The quantitative estimate of drug-likeness (QED) is 0.406. The zero-order valence-electron chi connectivity index (χ0n) is 16.4. The summed E-state index contributed by atoms with van der Waals surface area (Å²) in [6.07, 6.45) is 3.12. The standard InChI is InChI=1S/C16H22N2O2.C4H4O4/c1-11(17)10-18-8-7-12-5-6-13(9-14(12)18)20-15(19)16(2,3)4;5-3(6)1-2-4(7)8/h5-9,11H,10,17H2,1-4H3;1-2H,(H,5,6)(H,7,8)/b;2-1+/t11-;/m0./s1. The summed E-state index contributed by atoms with van der Waals surface area (Å²) in [5.74, 6) is -2.18. The lowest BCUT2D eigenvalue weighted by Gasteiger charge is -2.16. The Hall–Kier alpha value is -3.13. The molecule has 8 nitrogen and oxygen atoms in total. The minimum absolute atomic E-state index is 0.0754. The maximum Gasteiger partial charge on any atom is 0.328 e. The van der Waals surface area contributed by atoms with Gasteiger partial charge in [0, 0.05) is 37.0 Å². The topological polar surface area (TPSA) is 132 Å². The van der Waals surface area contributed by atoms with Gasteiger partial charge in [0.2, 0.25) is 0 Å². The summed E-state index contributed by atoms with van der Waals surface area (Å²) in [5, 5.41) is 16.7. The van der Waals surface area contributed by atoms with Crippen LogP contribution in [0.3, 0.4) is 0 Å². The largest absolute Gasteiger partial charge is 0.478 e. The molecular formula is C20H26N2O6. The smallest absolute Gasteiger partial charge is 0.328 e. The van der Waals surface area contributed by atoms with Crippen molar-refractivity contribution in [2.24, 2.45) is 11.1 Å². The molecule has 1 aromatic heterocycles. The molecule has 8 heteroatoms. The summed E-state index contributed by atoms with van der Waals surface area (Å²) in [4.78, 5) is 31.0. The van der Waals surface area contributed by atoms with Gasteiger partial charge in [-0.2, -0.15) is 0 Å². The van der Waals surface area contributed by atoms with E-state index in [0.717, 1.165) is 17.4 Å². The van der Waals surface area contributed by atoms with Crippen molar-refractivity contribution in [1.82, 2.24) is 4.57 Å².